The fraction of sp³-hybridized carbons (Fsp3) is 0.250. The van der Waals surface area contributed by atoms with Crippen LogP contribution < -0.4 is 0 Å². The molecule has 1 aromatic rings. The largest absolute Gasteiger partial charge is 0.466 e. The van der Waals surface area contributed by atoms with Crippen LogP contribution in [-0.4, -0.2) is 13.1 Å². The van der Waals surface area contributed by atoms with Gasteiger partial charge in [-0.1, -0.05) is 36.9 Å². The third-order valence-electron chi connectivity index (χ3n) is 2.11. The summed E-state index contributed by atoms with van der Waals surface area (Å²) in [5, 5.41) is 0. The Morgan fingerprint density at radius 3 is 2.44 bits per heavy atom. The lowest BCUT2D eigenvalue weighted by atomic mass is 10.0. The van der Waals surface area contributed by atoms with E-state index in [4.69, 9.17) is 0 Å². The average molecular weight is 226 g/mol. The van der Waals surface area contributed by atoms with Crippen LogP contribution in [-0.2, 0) is 15.5 Å². The summed E-state index contributed by atoms with van der Waals surface area (Å²) in [6.45, 7) is 3.28. The van der Waals surface area contributed by atoms with Gasteiger partial charge in [0.2, 0.25) is 0 Å². The number of carbonyl (C=O) groups is 1. The van der Waals surface area contributed by atoms with E-state index in [1.165, 1.54) is 24.3 Å². The van der Waals surface area contributed by atoms with Crippen LogP contribution in [0.1, 0.15) is 12.0 Å². The van der Waals surface area contributed by atoms with E-state index in [2.05, 4.69) is 11.3 Å². The molecule has 0 radical (unpaired) electrons. The second-order valence-corrected chi connectivity index (χ2v) is 3.34. The van der Waals surface area contributed by atoms with Crippen LogP contribution in [0.5, 0.6) is 0 Å². The quantitative estimate of drug-likeness (QED) is 0.583. The third-order valence-corrected chi connectivity index (χ3v) is 2.11. The van der Waals surface area contributed by atoms with Gasteiger partial charge in [0.05, 0.1) is 7.11 Å². The number of carbonyl (C=O) groups excluding carboxylic acids is 1. The van der Waals surface area contributed by atoms with Gasteiger partial charge < -0.3 is 4.74 Å². The van der Waals surface area contributed by atoms with Crippen LogP contribution in [0, 0.1) is 0 Å². The Morgan fingerprint density at radius 2 is 1.94 bits per heavy atom. The molecule has 0 saturated heterocycles. The lowest BCUT2D eigenvalue weighted by molar-refractivity contribution is -0.137. The first kappa shape index (κ1) is 12.4. The Kier molecular flexibility index (Phi) is 3.77. The predicted molar refractivity (Wildman–Crippen MR) is 56.1 cm³/mol. The molecule has 0 spiro atoms. The summed E-state index contributed by atoms with van der Waals surface area (Å²) in [4.78, 5) is 11.0. The molecule has 0 unspecified atom stereocenters. The molecule has 2 nitrogen and oxygen atoms in total. The number of methoxy groups -OCH3 is 1. The van der Waals surface area contributed by atoms with E-state index in [1.54, 1.807) is 6.07 Å². The normalized spacial score (nSPS) is 10.9. The molecule has 0 bridgehead atoms. The highest BCUT2D eigenvalue weighted by Gasteiger charge is 2.33. The van der Waals surface area contributed by atoms with Crippen molar-refractivity contribution in [2.45, 2.75) is 12.3 Å². The van der Waals surface area contributed by atoms with Crippen molar-refractivity contribution < 1.29 is 18.3 Å². The van der Waals surface area contributed by atoms with Gasteiger partial charge >= 0.3 is 5.97 Å². The number of hydrogen-bond donors (Lipinski definition) is 0. The number of benzene rings is 1. The van der Waals surface area contributed by atoms with Crippen molar-refractivity contribution >= 4 is 5.97 Å². The Balaban J connectivity index is 2.80. The smallest absolute Gasteiger partial charge is 0.333 e. The standard InChI is InChI=1S/C12H12F2O2/c1-9(11(15)16-2)8-12(13,14)10-6-4-3-5-7-10/h3-7H,1,8H2,2H3. The van der Waals surface area contributed by atoms with Gasteiger partial charge in [-0.15, -0.1) is 0 Å². The second-order valence-electron chi connectivity index (χ2n) is 3.34. The van der Waals surface area contributed by atoms with Crippen molar-refractivity contribution in [1.29, 1.82) is 0 Å². The molecule has 16 heavy (non-hydrogen) atoms. The molecule has 0 N–H and O–H groups in total. The van der Waals surface area contributed by atoms with Gasteiger partial charge in [-0.25, -0.2) is 13.6 Å². The second kappa shape index (κ2) is 4.88. The zero-order valence-electron chi connectivity index (χ0n) is 8.87. The lowest BCUT2D eigenvalue weighted by Crippen LogP contribution is -2.17. The number of rotatable bonds is 4. The SMILES string of the molecule is C=C(CC(F)(F)c1ccccc1)C(=O)OC. The Bertz CT molecular complexity index is 385. The van der Waals surface area contributed by atoms with E-state index in [1.807, 2.05) is 0 Å². The minimum Gasteiger partial charge on any atom is -0.466 e. The molecule has 0 aliphatic carbocycles. The van der Waals surface area contributed by atoms with Gasteiger partial charge in [-0.2, -0.15) is 0 Å². The van der Waals surface area contributed by atoms with Gasteiger partial charge in [0.25, 0.3) is 5.92 Å². The van der Waals surface area contributed by atoms with Crippen LogP contribution >= 0.6 is 0 Å². The number of ether oxygens (including phenoxy) is 1. The maximum atomic E-state index is 13.6. The van der Waals surface area contributed by atoms with Crippen molar-refractivity contribution in [3.63, 3.8) is 0 Å². The molecule has 0 atom stereocenters. The fourth-order valence-electron chi connectivity index (χ4n) is 1.27. The zero-order chi connectivity index (χ0) is 12.2. The van der Waals surface area contributed by atoms with Crippen molar-refractivity contribution in [2.75, 3.05) is 7.11 Å². The zero-order valence-corrected chi connectivity index (χ0v) is 8.87. The molecular formula is C12H12F2O2. The minimum absolute atomic E-state index is 0.139. The predicted octanol–water partition coefficient (Wildman–Crippen LogP) is 2.90. The van der Waals surface area contributed by atoms with Crippen molar-refractivity contribution in [3.05, 3.63) is 48.0 Å². The molecule has 0 heterocycles. The van der Waals surface area contributed by atoms with Crippen LogP contribution in [0.4, 0.5) is 8.78 Å². The fourth-order valence-corrected chi connectivity index (χ4v) is 1.27. The number of esters is 1. The Labute approximate surface area is 92.5 Å². The molecule has 0 aliphatic rings. The van der Waals surface area contributed by atoms with E-state index in [0.29, 0.717) is 0 Å². The van der Waals surface area contributed by atoms with Crippen LogP contribution in [0.25, 0.3) is 0 Å². The number of halogens is 2. The summed E-state index contributed by atoms with van der Waals surface area (Å²) in [5.74, 6) is -3.91. The maximum Gasteiger partial charge on any atom is 0.333 e. The first-order valence-corrected chi connectivity index (χ1v) is 4.67. The topological polar surface area (TPSA) is 26.3 Å². The first-order valence-electron chi connectivity index (χ1n) is 4.67. The molecule has 1 rings (SSSR count). The summed E-state index contributed by atoms with van der Waals surface area (Å²) in [6.07, 6.45) is -0.732. The van der Waals surface area contributed by atoms with Gasteiger partial charge in [0.15, 0.2) is 0 Å². The molecule has 0 aliphatic heterocycles. The monoisotopic (exact) mass is 226 g/mol. The Morgan fingerprint density at radius 1 is 1.38 bits per heavy atom. The summed E-state index contributed by atoms with van der Waals surface area (Å²) in [7, 11) is 1.13. The molecular weight excluding hydrogens is 214 g/mol. The molecule has 0 saturated carbocycles. The van der Waals surface area contributed by atoms with E-state index >= 15 is 0 Å². The average Bonchev–Trinajstić information content (AvgIpc) is 2.28. The molecule has 86 valence electrons. The third kappa shape index (κ3) is 2.89. The van der Waals surface area contributed by atoms with Crippen molar-refractivity contribution in [3.8, 4) is 0 Å². The van der Waals surface area contributed by atoms with E-state index < -0.39 is 18.3 Å². The van der Waals surface area contributed by atoms with Crippen LogP contribution in [0.3, 0.4) is 0 Å². The van der Waals surface area contributed by atoms with Gasteiger partial charge in [0.1, 0.15) is 0 Å². The molecule has 0 fully saturated rings. The van der Waals surface area contributed by atoms with E-state index in [9.17, 15) is 13.6 Å². The van der Waals surface area contributed by atoms with E-state index in [0.717, 1.165) is 7.11 Å². The number of alkyl halides is 2. The highest BCUT2D eigenvalue weighted by molar-refractivity contribution is 5.87. The summed E-state index contributed by atoms with van der Waals surface area (Å²) in [5.41, 5.74) is -0.378. The van der Waals surface area contributed by atoms with Crippen LogP contribution in [0.2, 0.25) is 0 Å². The van der Waals surface area contributed by atoms with Gasteiger partial charge in [-0.3, -0.25) is 0 Å². The first-order chi connectivity index (χ1) is 7.47. The highest BCUT2D eigenvalue weighted by atomic mass is 19.3. The molecule has 0 aromatic heterocycles. The maximum absolute atomic E-state index is 13.6. The van der Waals surface area contributed by atoms with Crippen molar-refractivity contribution in [1.82, 2.24) is 0 Å². The van der Waals surface area contributed by atoms with Crippen LogP contribution in [0.15, 0.2) is 42.5 Å². The van der Waals surface area contributed by atoms with Crippen molar-refractivity contribution in [2.24, 2.45) is 0 Å². The number of hydrogen-bond acceptors (Lipinski definition) is 2. The summed E-state index contributed by atoms with van der Waals surface area (Å²) >= 11 is 0. The minimum atomic E-state index is -3.10. The lowest BCUT2D eigenvalue weighted by Gasteiger charge is -2.16. The summed E-state index contributed by atoms with van der Waals surface area (Å²) < 4.78 is 31.6. The molecule has 4 heteroatoms. The summed E-state index contributed by atoms with van der Waals surface area (Å²) in [6, 6.07) is 7.30. The Hall–Kier alpha value is -1.71. The molecule has 0 amide bonds. The highest BCUT2D eigenvalue weighted by Crippen LogP contribution is 2.34. The van der Waals surface area contributed by atoms with Gasteiger partial charge in [-0.05, 0) is 0 Å². The van der Waals surface area contributed by atoms with E-state index in [-0.39, 0.29) is 11.1 Å². The van der Waals surface area contributed by atoms with Gasteiger partial charge in [0, 0.05) is 17.6 Å². The molecule has 1 aromatic carbocycles.